The monoisotopic (exact) mass is 327 g/mol. The number of fused-ring (bicyclic) bond motifs is 1. The van der Waals surface area contributed by atoms with E-state index in [9.17, 15) is 4.79 Å². The van der Waals surface area contributed by atoms with E-state index in [-0.39, 0.29) is 11.9 Å². The first-order valence-electron chi connectivity index (χ1n) is 7.19. The summed E-state index contributed by atoms with van der Waals surface area (Å²) >= 11 is 3.38. The number of nitrogens with one attached hydrogen (secondary N) is 1. The van der Waals surface area contributed by atoms with Gasteiger partial charge in [0.25, 0.3) is 0 Å². The third-order valence-corrected chi connectivity index (χ3v) is 5.27. The Hall–Kier alpha value is -1.91. The molecule has 3 aromatic rings. The van der Waals surface area contributed by atoms with Crippen molar-refractivity contribution in [1.82, 2.24) is 5.32 Å². The van der Waals surface area contributed by atoms with Crippen LogP contribution in [0, 0.1) is 0 Å². The number of thiophene rings is 2. The van der Waals surface area contributed by atoms with Gasteiger partial charge in [0.05, 0.1) is 0 Å². The summed E-state index contributed by atoms with van der Waals surface area (Å²) in [5, 5.41) is 8.51. The van der Waals surface area contributed by atoms with E-state index in [0.717, 1.165) is 11.3 Å². The van der Waals surface area contributed by atoms with Gasteiger partial charge in [-0.05, 0) is 53.3 Å². The molecule has 0 saturated carbocycles. The molecule has 0 aliphatic heterocycles. The quantitative estimate of drug-likeness (QED) is 0.675. The number of amides is 1. The van der Waals surface area contributed by atoms with Crippen molar-refractivity contribution < 1.29 is 4.79 Å². The number of carbonyl (C=O) groups is 1. The fourth-order valence-electron chi connectivity index (χ4n) is 2.41. The maximum absolute atomic E-state index is 12.0. The molecule has 2 heterocycles. The zero-order valence-electron chi connectivity index (χ0n) is 12.3. The van der Waals surface area contributed by atoms with Crippen molar-refractivity contribution in [2.45, 2.75) is 19.4 Å². The summed E-state index contributed by atoms with van der Waals surface area (Å²) < 4.78 is 1.30. The highest BCUT2D eigenvalue weighted by molar-refractivity contribution is 7.17. The van der Waals surface area contributed by atoms with Gasteiger partial charge in [0.2, 0.25) is 5.91 Å². The summed E-state index contributed by atoms with van der Waals surface area (Å²) in [7, 11) is 0. The first-order chi connectivity index (χ1) is 10.7. The molecule has 0 aliphatic rings. The van der Waals surface area contributed by atoms with Crippen LogP contribution in [0.5, 0.6) is 0 Å². The zero-order chi connectivity index (χ0) is 15.4. The van der Waals surface area contributed by atoms with Gasteiger partial charge in [-0.25, -0.2) is 0 Å². The summed E-state index contributed by atoms with van der Waals surface area (Å²) in [4.78, 5) is 13.0. The Labute approximate surface area is 138 Å². The van der Waals surface area contributed by atoms with Crippen LogP contribution in [0.15, 0.2) is 53.2 Å². The smallest absolute Gasteiger partial charge is 0.244 e. The Kier molecular flexibility index (Phi) is 4.71. The summed E-state index contributed by atoms with van der Waals surface area (Å²) in [6.45, 7) is 2.04. The Bertz CT molecular complexity index is 786. The van der Waals surface area contributed by atoms with Gasteiger partial charge >= 0.3 is 0 Å². The fraction of sp³-hybridized carbons (Fsp3) is 0.167. The van der Waals surface area contributed by atoms with Crippen LogP contribution < -0.4 is 5.32 Å². The molecule has 3 rings (SSSR count). The lowest BCUT2D eigenvalue weighted by molar-refractivity contribution is -0.117. The van der Waals surface area contributed by atoms with Crippen LogP contribution in [0.4, 0.5) is 0 Å². The van der Waals surface area contributed by atoms with E-state index in [4.69, 9.17) is 0 Å². The second-order valence-electron chi connectivity index (χ2n) is 5.22. The molecule has 0 spiro atoms. The van der Waals surface area contributed by atoms with Gasteiger partial charge in [-0.1, -0.05) is 24.3 Å². The maximum atomic E-state index is 12.0. The number of carbonyl (C=O) groups excluding carboxylic acids is 1. The predicted molar refractivity (Wildman–Crippen MR) is 96.5 cm³/mol. The third kappa shape index (κ3) is 3.64. The van der Waals surface area contributed by atoms with Gasteiger partial charge in [0, 0.05) is 21.7 Å². The van der Waals surface area contributed by atoms with E-state index < -0.39 is 0 Å². The van der Waals surface area contributed by atoms with Crippen molar-refractivity contribution in [2.75, 3.05) is 0 Å². The van der Waals surface area contributed by atoms with Crippen molar-refractivity contribution in [3.63, 3.8) is 0 Å². The van der Waals surface area contributed by atoms with Crippen LogP contribution in [0.1, 0.15) is 17.4 Å². The first-order valence-corrected chi connectivity index (χ1v) is 8.95. The summed E-state index contributed by atoms with van der Waals surface area (Å²) in [5.74, 6) is -0.0413. The van der Waals surface area contributed by atoms with E-state index in [2.05, 4.69) is 35.0 Å². The molecule has 0 saturated heterocycles. The highest BCUT2D eigenvalue weighted by Crippen LogP contribution is 2.26. The van der Waals surface area contributed by atoms with Gasteiger partial charge in [-0.15, -0.1) is 22.7 Å². The van der Waals surface area contributed by atoms with Crippen molar-refractivity contribution in [2.24, 2.45) is 0 Å². The van der Waals surface area contributed by atoms with Crippen LogP contribution in [0.2, 0.25) is 0 Å². The largest absolute Gasteiger partial charge is 0.350 e. The molecule has 1 aromatic carbocycles. The number of rotatable bonds is 5. The zero-order valence-corrected chi connectivity index (χ0v) is 13.9. The fourth-order valence-corrected chi connectivity index (χ4v) is 4.00. The molecule has 0 radical (unpaired) electrons. The molecule has 22 heavy (non-hydrogen) atoms. The molecule has 2 aromatic heterocycles. The van der Waals surface area contributed by atoms with Gasteiger partial charge in [-0.3, -0.25) is 4.79 Å². The third-order valence-electron chi connectivity index (χ3n) is 3.42. The number of benzene rings is 1. The summed E-state index contributed by atoms with van der Waals surface area (Å²) in [6, 6.07) is 12.5. The summed E-state index contributed by atoms with van der Waals surface area (Å²) in [6.07, 6.45) is 4.31. The second kappa shape index (κ2) is 6.90. The molecular formula is C18H17NOS2. The topological polar surface area (TPSA) is 29.1 Å². The second-order valence-corrected chi connectivity index (χ2v) is 7.11. The lowest BCUT2D eigenvalue weighted by atomic mass is 10.1. The van der Waals surface area contributed by atoms with Gasteiger partial charge in [0.15, 0.2) is 0 Å². The normalized spacial score (nSPS) is 12.8. The Morgan fingerprint density at radius 2 is 2.09 bits per heavy atom. The molecule has 0 bridgehead atoms. The first kappa shape index (κ1) is 15.0. The number of hydrogen-bond donors (Lipinski definition) is 1. The minimum atomic E-state index is -0.0413. The van der Waals surface area contributed by atoms with E-state index in [1.165, 1.54) is 15.6 Å². The van der Waals surface area contributed by atoms with Crippen LogP contribution in [0.25, 0.3) is 16.2 Å². The van der Waals surface area contributed by atoms with E-state index in [0.29, 0.717) is 0 Å². The Morgan fingerprint density at radius 1 is 1.23 bits per heavy atom. The molecule has 0 fully saturated rings. The molecule has 0 aliphatic carbocycles. The average molecular weight is 327 g/mol. The number of hydrogen-bond acceptors (Lipinski definition) is 3. The van der Waals surface area contributed by atoms with E-state index in [1.54, 1.807) is 28.7 Å². The lowest BCUT2D eigenvalue weighted by Gasteiger charge is -2.11. The molecule has 1 N–H and O–H groups in total. The van der Waals surface area contributed by atoms with Crippen molar-refractivity contribution in [1.29, 1.82) is 0 Å². The van der Waals surface area contributed by atoms with Crippen molar-refractivity contribution in [3.8, 4) is 0 Å². The van der Waals surface area contributed by atoms with Gasteiger partial charge < -0.3 is 5.32 Å². The highest BCUT2D eigenvalue weighted by atomic mass is 32.1. The van der Waals surface area contributed by atoms with Crippen LogP contribution in [-0.4, -0.2) is 11.9 Å². The molecule has 2 nitrogen and oxygen atoms in total. The minimum absolute atomic E-state index is 0.0413. The van der Waals surface area contributed by atoms with Crippen LogP contribution in [0.3, 0.4) is 0 Å². The van der Waals surface area contributed by atoms with Crippen molar-refractivity contribution in [3.05, 3.63) is 63.7 Å². The van der Waals surface area contributed by atoms with Crippen LogP contribution in [-0.2, 0) is 11.2 Å². The standard InChI is InChI=1S/C18H17NOS2/c1-13(19-18(20)9-8-15-5-4-10-21-15)11-14-12-22-17-7-3-2-6-16(14)17/h2-10,12-13H,11H2,1H3,(H,19,20)/b9-8+/t13-/m0/s1. The molecule has 112 valence electrons. The Balaban J connectivity index is 1.60. The van der Waals surface area contributed by atoms with Gasteiger partial charge in [-0.2, -0.15) is 0 Å². The van der Waals surface area contributed by atoms with E-state index >= 15 is 0 Å². The average Bonchev–Trinajstić information content (AvgIpc) is 3.15. The highest BCUT2D eigenvalue weighted by Gasteiger charge is 2.09. The summed E-state index contributed by atoms with van der Waals surface area (Å²) in [5.41, 5.74) is 1.30. The minimum Gasteiger partial charge on any atom is -0.350 e. The van der Waals surface area contributed by atoms with Crippen molar-refractivity contribution >= 4 is 44.7 Å². The molecule has 0 unspecified atom stereocenters. The molecule has 1 amide bonds. The molecular weight excluding hydrogens is 310 g/mol. The SMILES string of the molecule is C[C@@H](Cc1csc2ccccc12)NC(=O)/C=C/c1cccs1. The predicted octanol–water partition coefficient (Wildman–Crippen LogP) is 4.72. The molecule has 4 heteroatoms. The van der Waals surface area contributed by atoms with E-state index in [1.807, 2.05) is 30.5 Å². The molecule has 1 atom stereocenters. The van der Waals surface area contributed by atoms with Crippen LogP contribution >= 0.6 is 22.7 Å². The van der Waals surface area contributed by atoms with Gasteiger partial charge in [0.1, 0.15) is 0 Å². The lowest BCUT2D eigenvalue weighted by Crippen LogP contribution is -2.32. The maximum Gasteiger partial charge on any atom is 0.244 e. The Morgan fingerprint density at radius 3 is 2.91 bits per heavy atom.